The van der Waals surface area contributed by atoms with Gasteiger partial charge in [0.2, 0.25) is 0 Å². The summed E-state index contributed by atoms with van der Waals surface area (Å²) in [7, 11) is 0. The van der Waals surface area contributed by atoms with Crippen LogP contribution in [-0.4, -0.2) is 4.57 Å². The summed E-state index contributed by atoms with van der Waals surface area (Å²) >= 11 is 0. The molecule has 11 heavy (non-hydrogen) atoms. The maximum atomic E-state index is 2.25. The van der Waals surface area contributed by atoms with Crippen LogP contribution >= 0.6 is 0 Å². The Kier molecular flexibility index (Phi) is 2.08. The predicted molar refractivity (Wildman–Crippen MR) is 48.6 cm³/mol. The smallest absolute Gasteiger partial charge is 0.0268 e. The maximum Gasteiger partial charge on any atom is 0.0268 e. The van der Waals surface area contributed by atoms with E-state index < -0.39 is 0 Å². The summed E-state index contributed by atoms with van der Waals surface area (Å²) in [5.74, 6) is 0. The van der Waals surface area contributed by atoms with E-state index in [1.165, 1.54) is 5.56 Å². The zero-order valence-electron chi connectivity index (χ0n) is 7.89. The Bertz CT molecular complexity index is 227. The van der Waals surface area contributed by atoms with Gasteiger partial charge < -0.3 is 4.57 Å². The summed E-state index contributed by atoms with van der Waals surface area (Å²) in [5, 5.41) is 0. The SMILES string of the molecule is Cc1ccn(CC(C)(C)C)c1. The summed E-state index contributed by atoms with van der Waals surface area (Å²) in [5.41, 5.74) is 1.72. The molecule has 0 amide bonds. The van der Waals surface area contributed by atoms with Crippen molar-refractivity contribution in [1.82, 2.24) is 4.57 Å². The highest BCUT2D eigenvalue weighted by atomic mass is 14.9. The number of aromatic nitrogens is 1. The van der Waals surface area contributed by atoms with E-state index in [-0.39, 0.29) is 0 Å². The van der Waals surface area contributed by atoms with Gasteiger partial charge in [0.05, 0.1) is 0 Å². The van der Waals surface area contributed by atoms with Gasteiger partial charge in [-0.2, -0.15) is 0 Å². The molecule has 0 spiro atoms. The van der Waals surface area contributed by atoms with Crippen LogP contribution in [0, 0.1) is 12.3 Å². The first-order chi connectivity index (χ1) is 4.97. The number of nitrogens with zero attached hydrogens (tertiary/aromatic N) is 1. The van der Waals surface area contributed by atoms with Crippen molar-refractivity contribution in [2.45, 2.75) is 34.2 Å². The second kappa shape index (κ2) is 2.72. The zero-order valence-corrected chi connectivity index (χ0v) is 7.89. The molecule has 1 heteroatoms. The van der Waals surface area contributed by atoms with Crippen molar-refractivity contribution in [1.29, 1.82) is 0 Å². The summed E-state index contributed by atoms with van der Waals surface area (Å²) in [6.45, 7) is 9.98. The molecular weight excluding hydrogens is 134 g/mol. The molecule has 0 N–H and O–H groups in total. The molecule has 0 aliphatic rings. The number of hydrogen-bond acceptors (Lipinski definition) is 0. The van der Waals surface area contributed by atoms with Gasteiger partial charge >= 0.3 is 0 Å². The highest BCUT2D eigenvalue weighted by Crippen LogP contribution is 2.16. The van der Waals surface area contributed by atoms with Gasteiger partial charge in [0.1, 0.15) is 0 Å². The summed E-state index contributed by atoms with van der Waals surface area (Å²) in [4.78, 5) is 0. The van der Waals surface area contributed by atoms with Crippen molar-refractivity contribution < 1.29 is 0 Å². The summed E-state index contributed by atoms with van der Waals surface area (Å²) < 4.78 is 2.25. The van der Waals surface area contributed by atoms with Crippen molar-refractivity contribution >= 4 is 0 Å². The van der Waals surface area contributed by atoms with Gasteiger partial charge in [-0.25, -0.2) is 0 Å². The van der Waals surface area contributed by atoms with Gasteiger partial charge in [0.15, 0.2) is 0 Å². The lowest BCUT2D eigenvalue weighted by Crippen LogP contribution is -2.13. The third kappa shape index (κ3) is 2.79. The molecule has 0 aliphatic heterocycles. The molecule has 0 aliphatic carbocycles. The number of hydrogen-bond donors (Lipinski definition) is 0. The summed E-state index contributed by atoms with van der Waals surface area (Å²) in [6.07, 6.45) is 4.33. The second-order valence-electron chi connectivity index (χ2n) is 4.42. The van der Waals surface area contributed by atoms with Crippen LogP contribution in [-0.2, 0) is 6.54 Å². The van der Waals surface area contributed by atoms with Crippen LogP contribution in [0.15, 0.2) is 18.5 Å². The van der Waals surface area contributed by atoms with Crippen LogP contribution in [0.5, 0.6) is 0 Å². The van der Waals surface area contributed by atoms with Crippen molar-refractivity contribution in [2.75, 3.05) is 0 Å². The number of aryl methyl sites for hydroxylation is 1. The average molecular weight is 151 g/mol. The van der Waals surface area contributed by atoms with E-state index >= 15 is 0 Å². The Balaban J connectivity index is 2.65. The van der Waals surface area contributed by atoms with Gasteiger partial charge in [0.25, 0.3) is 0 Å². The quantitative estimate of drug-likeness (QED) is 0.581. The van der Waals surface area contributed by atoms with Crippen LogP contribution in [0.2, 0.25) is 0 Å². The Morgan fingerprint density at radius 3 is 2.36 bits per heavy atom. The van der Waals surface area contributed by atoms with Crippen LogP contribution in [0.4, 0.5) is 0 Å². The van der Waals surface area contributed by atoms with E-state index in [0.717, 1.165) is 6.54 Å². The van der Waals surface area contributed by atoms with Gasteiger partial charge in [0, 0.05) is 18.9 Å². The Labute approximate surface area is 69.0 Å². The van der Waals surface area contributed by atoms with Crippen molar-refractivity contribution in [3.8, 4) is 0 Å². The molecule has 1 nitrogen and oxygen atoms in total. The minimum atomic E-state index is 0.380. The molecule has 1 rings (SSSR count). The topological polar surface area (TPSA) is 4.93 Å². The Hall–Kier alpha value is -0.720. The molecule has 0 aromatic carbocycles. The third-order valence-corrected chi connectivity index (χ3v) is 1.56. The predicted octanol–water partition coefficient (Wildman–Crippen LogP) is 2.84. The van der Waals surface area contributed by atoms with E-state index in [2.05, 4.69) is 50.7 Å². The van der Waals surface area contributed by atoms with Crippen molar-refractivity contribution in [2.24, 2.45) is 5.41 Å². The van der Waals surface area contributed by atoms with Crippen LogP contribution in [0.25, 0.3) is 0 Å². The number of rotatable bonds is 1. The molecule has 1 aromatic rings. The molecule has 0 saturated carbocycles. The molecule has 0 atom stereocenters. The molecule has 0 bridgehead atoms. The molecule has 0 saturated heterocycles. The van der Waals surface area contributed by atoms with Gasteiger partial charge in [-0.3, -0.25) is 0 Å². The largest absolute Gasteiger partial charge is 0.353 e. The minimum absolute atomic E-state index is 0.380. The fraction of sp³-hybridized carbons (Fsp3) is 0.600. The van der Waals surface area contributed by atoms with E-state index in [0.29, 0.717) is 5.41 Å². The second-order valence-corrected chi connectivity index (χ2v) is 4.42. The van der Waals surface area contributed by atoms with Gasteiger partial charge in [-0.15, -0.1) is 0 Å². The Morgan fingerprint density at radius 2 is 2.00 bits per heavy atom. The van der Waals surface area contributed by atoms with Crippen LogP contribution in [0.3, 0.4) is 0 Å². The van der Waals surface area contributed by atoms with Crippen LogP contribution < -0.4 is 0 Å². The highest BCUT2D eigenvalue weighted by Gasteiger charge is 2.09. The standard InChI is InChI=1S/C10H17N/c1-9-5-6-11(7-9)8-10(2,3)4/h5-7H,8H2,1-4H3. The van der Waals surface area contributed by atoms with Crippen LogP contribution in [0.1, 0.15) is 26.3 Å². The first-order valence-corrected chi connectivity index (χ1v) is 4.10. The molecule has 62 valence electrons. The molecule has 0 radical (unpaired) electrons. The van der Waals surface area contributed by atoms with Gasteiger partial charge in [-0.05, 0) is 24.0 Å². The van der Waals surface area contributed by atoms with E-state index in [4.69, 9.17) is 0 Å². The lowest BCUT2D eigenvalue weighted by atomic mass is 9.97. The molecule has 1 heterocycles. The first-order valence-electron chi connectivity index (χ1n) is 4.10. The van der Waals surface area contributed by atoms with E-state index in [1.54, 1.807) is 0 Å². The lowest BCUT2D eigenvalue weighted by molar-refractivity contribution is 0.344. The van der Waals surface area contributed by atoms with Gasteiger partial charge in [-0.1, -0.05) is 20.8 Å². The van der Waals surface area contributed by atoms with Crippen molar-refractivity contribution in [3.63, 3.8) is 0 Å². The zero-order chi connectivity index (χ0) is 8.48. The highest BCUT2D eigenvalue weighted by molar-refractivity contribution is 5.07. The average Bonchev–Trinajstić information content (AvgIpc) is 2.10. The van der Waals surface area contributed by atoms with Crippen molar-refractivity contribution in [3.05, 3.63) is 24.0 Å². The molecule has 0 unspecified atom stereocenters. The molecular formula is C10H17N. The fourth-order valence-corrected chi connectivity index (χ4v) is 1.21. The first kappa shape index (κ1) is 8.38. The third-order valence-electron chi connectivity index (χ3n) is 1.56. The van der Waals surface area contributed by atoms with E-state index in [9.17, 15) is 0 Å². The lowest BCUT2D eigenvalue weighted by Gasteiger charge is -2.18. The fourth-order valence-electron chi connectivity index (χ4n) is 1.21. The minimum Gasteiger partial charge on any atom is -0.353 e. The monoisotopic (exact) mass is 151 g/mol. The Morgan fingerprint density at radius 1 is 1.36 bits per heavy atom. The molecule has 0 fully saturated rings. The summed E-state index contributed by atoms with van der Waals surface area (Å²) in [6, 6.07) is 2.14. The molecule has 1 aromatic heterocycles. The maximum absolute atomic E-state index is 2.25. The normalized spacial score (nSPS) is 12.0. The van der Waals surface area contributed by atoms with E-state index in [1.807, 2.05) is 0 Å².